The van der Waals surface area contributed by atoms with E-state index in [2.05, 4.69) is 176 Å². The molecule has 0 amide bonds. The van der Waals surface area contributed by atoms with Crippen LogP contribution in [0.1, 0.15) is 45.2 Å². The van der Waals surface area contributed by atoms with Gasteiger partial charge in [0.25, 0.3) is 0 Å². The highest BCUT2D eigenvalue weighted by molar-refractivity contribution is 7.49. The molecule has 0 atom stereocenters. The standard InChI is InChI=1S/C36H28N4O2P2/c1-2-14-28-27(13-1)33-29-15-11-17-31(41-43(37-19-3-4-20-37)38-21-5-6-22-38)34(29)36(28)35-30(33)16-12-18-32(35)42-44(39-23-7-8-24-39)40-25-9-10-26-40/h1-26,33,36H. The van der Waals surface area contributed by atoms with Crippen molar-refractivity contribution in [1.82, 2.24) is 17.4 Å². The molecular weight excluding hydrogens is 582 g/mol. The molecule has 0 aliphatic heterocycles. The largest absolute Gasteiger partial charge is 0.436 e. The Morgan fingerprint density at radius 1 is 0.364 bits per heavy atom. The van der Waals surface area contributed by atoms with Crippen molar-refractivity contribution in [3.63, 3.8) is 0 Å². The molecule has 0 spiro atoms. The van der Waals surface area contributed by atoms with Crippen LogP contribution >= 0.6 is 16.9 Å². The predicted octanol–water partition coefficient (Wildman–Crippen LogP) is 9.28. The van der Waals surface area contributed by atoms with E-state index < -0.39 is 16.9 Å². The second-order valence-corrected chi connectivity index (χ2v) is 14.2. The summed E-state index contributed by atoms with van der Waals surface area (Å²) in [6.45, 7) is 0. The first kappa shape index (κ1) is 25.7. The Bertz CT molecular complexity index is 1860. The lowest BCUT2D eigenvalue weighted by Crippen LogP contribution is -2.28. The summed E-state index contributed by atoms with van der Waals surface area (Å²) in [4.78, 5) is 0. The van der Waals surface area contributed by atoms with Gasteiger partial charge in [-0.2, -0.15) is 0 Å². The smallest absolute Gasteiger partial charge is 0.317 e. The lowest BCUT2D eigenvalue weighted by atomic mass is 9.61. The van der Waals surface area contributed by atoms with E-state index in [4.69, 9.17) is 9.05 Å². The van der Waals surface area contributed by atoms with E-state index in [0.29, 0.717) is 0 Å². The highest BCUT2D eigenvalue weighted by Gasteiger charge is 2.45. The van der Waals surface area contributed by atoms with Gasteiger partial charge >= 0.3 is 16.9 Å². The Morgan fingerprint density at radius 2 is 0.705 bits per heavy atom. The first-order chi connectivity index (χ1) is 21.8. The summed E-state index contributed by atoms with van der Waals surface area (Å²) in [6, 6.07) is 38.4. The minimum absolute atomic E-state index is 0.0223. The van der Waals surface area contributed by atoms with E-state index in [1.54, 1.807) is 0 Å². The van der Waals surface area contributed by atoms with Gasteiger partial charge in [-0.15, -0.1) is 0 Å². The molecule has 4 aromatic heterocycles. The van der Waals surface area contributed by atoms with Crippen molar-refractivity contribution in [2.75, 3.05) is 0 Å². The van der Waals surface area contributed by atoms with Gasteiger partial charge in [-0.05, 0) is 82.9 Å². The van der Waals surface area contributed by atoms with E-state index in [0.717, 1.165) is 11.5 Å². The summed E-state index contributed by atoms with van der Waals surface area (Å²) in [5.74, 6) is 1.91. The summed E-state index contributed by atoms with van der Waals surface area (Å²) in [6.07, 6.45) is 16.6. The van der Waals surface area contributed by atoms with Crippen LogP contribution in [0.2, 0.25) is 0 Å². The minimum atomic E-state index is -1.18. The average Bonchev–Trinajstić information content (AvgIpc) is 3.91. The van der Waals surface area contributed by atoms with Gasteiger partial charge in [-0.1, -0.05) is 48.5 Å². The molecule has 3 aliphatic carbocycles. The highest BCUT2D eigenvalue weighted by atomic mass is 31.2. The Hall–Kier alpha value is -4.76. The maximum absolute atomic E-state index is 7.07. The Kier molecular flexibility index (Phi) is 6.11. The third-order valence-corrected chi connectivity index (χ3v) is 11.9. The molecule has 44 heavy (non-hydrogen) atoms. The third-order valence-electron chi connectivity index (χ3n) is 8.52. The Morgan fingerprint density at radius 3 is 1.09 bits per heavy atom. The van der Waals surface area contributed by atoms with Crippen molar-refractivity contribution in [3.8, 4) is 11.5 Å². The van der Waals surface area contributed by atoms with Crippen LogP contribution in [0.3, 0.4) is 0 Å². The highest BCUT2D eigenvalue weighted by Crippen LogP contribution is 2.61. The molecule has 6 nitrogen and oxygen atoms in total. The Labute approximate surface area is 258 Å². The number of benzene rings is 3. The van der Waals surface area contributed by atoms with Gasteiger partial charge in [0.1, 0.15) is 11.5 Å². The van der Waals surface area contributed by atoms with Gasteiger partial charge in [0.2, 0.25) is 0 Å². The van der Waals surface area contributed by atoms with Crippen molar-refractivity contribution >= 4 is 16.9 Å². The maximum atomic E-state index is 7.07. The lowest BCUT2D eigenvalue weighted by Gasteiger charge is -2.43. The zero-order chi connectivity index (χ0) is 29.0. The second kappa shape index (κ2) is 10.4. The average molecular weight is 611 g/mol. The van der Waals surface area contributed by atoms with Gasteiger partial charge in [-0.25, -0.2) is 0 Å². The summed E-state index contributed by atoms with van der Waals surface area (Å²) >= 11 is 0. The van der Waals surface area contributed by atoms with Gasteiger partial charge in [0, 0.05) is 72.5 Å². The topological polar surface area (TPSA) is 38.2 Å². The molecule has 2 bridgehead atoms. The number of aromatic nitrogens is 4. The molecule has 0 N–H and O–H groups in total. The molecule has 0 radical (unpaired) electrons. The SMILES string of the molecule is c1ccc2c(c1)C1c3cccc(OP(n4cccc4)n4cccc4)c3C2c2c(OP(n3cccc3)n3cccc3)cccc21. The van der Waals surface area contributed by atoms with Crippen LogP contribution in [0.5, 0.6) is 11.5 Å². The number of hydrogen-bond acceptors (Lipinski definition) is 2. The first-order valence-electron chi connectivity index (χ1n) is 14.7. The second-order valence-electron chi connectivity index (χ2n) is 11.0. The number of hydrogen-bond donors (Lipinski definition) is 0. The summed E-state index contributed by atoms with van der Waals surface area (Å²) in [5.41, 5.74) is 7.77. The predicted molar refractivity (Wildman–Crippen MR) is 176 cm³/mol. The van der Waals surface area contributed by atoms with Crippen LogP contribution in [0.25, 0.3) is 0 Å². The van der Waals surface area contributed by atoms with Crippen molar-refractivity contribution in [3.05, 3.63) is 192 Å². The van der Waals surface area contributed by atoms with Crippen molar-refractivity contribution in [2.45, 2.75) is 11.8 Å². The first-order valence-corrected chi connectivity index (χ1v) is 17.0. The van der Waals surface area contributed by atoms with Crippen LogP contribution in [0.4, 0.5) is 0 Å². The van der Waals surface area contributed by atoms with Crippen LogP contribution in [0.15, 0.2) is 159 Å². The van der Waals surface area contributed by atoms with Crippen molar-refractivity contribution < 1.29 is 9.05 Å². The van der Waals surface area contributed by atoms with Crippen molar-refractivity contribution in [2.24, 2.45) is 0 Å². The summed E-state index contributed by atoms with van der Waals surface area (Å²) < 4.78 is 22.8. The van der Waals surface area contributed by atoms with E-state index in [1.165, 1.54) is 33.4 Å². The molecule has 3 aromatic carbocycles. The molecule has 4 heterocycles. The van der Waals surface area contributed by atoms with E-state index >= 15 is 0 Å². The van der Waals surface area contributed by atoms with E-state index in [-0.39, 0.29) is 11.8 Å². The fraction of sp³-hybridized carbons (Fsp3) is 0.0556. The monoisotopic (exact) mass is 610 g/mol. The van der Waals surface area contributed by atoms with Crippen LogP contribution in [0, 0.1) is 0 Å². The molecular formula is C36H28N4O2P2. The molecule has 0 unspecified atom stereocenters. The molecule has 3 aliphatic rings. The molecule has 8 heteroatoms. The minimum Gasteiger partial charge on any atom is -0.436 e. The zero-order valence-corrected chi connectivity index (χ0v) is 25.5. The summed E-state index contributed by atoms with van der Waals surface area (Å²) in [7, 11) is -2.37. The van der Waals surface area contributed by atoms with Crippen LogP contribution < -0.4 is 9.05 Å². The molecule has 214 valence electrons. The molecule has 0 saturated heterocycles. The van der Waals surface area contributed by atoms with E-state index in [1.807, 2.05) is 0 Å². The lowest BCUT2D eigenvalue weighted by molar-refractivity contribution is 0.555. The number of nitrogens with zero attached hydrogens (tertiary/aromatic N) is 4. The number of rotatable bonds is 8. The summed E-state index contributed by atoms with van der Waals surface area (Å²) in [5, 5.41) is 0. The van der Waals surface area contributed by atoms with Gasteiger partial charge in [-0.3, -0.25) is 17.4 Å². The third kappa shape index (κ3) is 4.02. The Balaban J connectivity index is 1.21. The van der Waals surface area contributed by atoms with Gasteiger partial charge in [0.05, 0.1) is 0 Å². The van der Waals surface area contributed by atoms with Gasteiger partial charge < -0.3 is 9.05 Å². The quantitative estimate of drug-likeness (QED) is 0.161. The van der Waals surface area contributed by atoms with Crippen LogP contribution in [-0.2, 0) is 0 Å². The maximum Gasteiger partial charge on any atom is 0.317 e. The molecule has 0 fully saturated rings. The van der Waals surface area contributed by atoms with Crippen LogP contribution in [-0.4, -0.2) is 17.4 Å². The fourth-order valence-electron chi connectivity index (χ4n) is 6.76. The fourth-order valence-corrected chi connectivity index (χ4v) is 9.81. The zero-order valence-electron chi connectivity index (χ0n) is 23.7. The molecule has 10 rings (SSSR count). The van der Waals surface area contributed by atoms with E-state index in [9.17, 15) is 0 Å². The molecule has 0 saturated carbocycles. The van der Waals surface area contributed by atoms with Gasteiger partial charge in [0.15, 0.2) is 0 Å². The normalized spacial score (nSPS) is 16.1. The van der Waals surface area contributed by atoms with Crippen molar-refractivity contribution in [1.29, 1.82) is 0 Å². The molecule has 7 aromatic rings.